The van der Waals surface area contributed by atoms with Gasteiger partial charge >= 0.3 is 0 Å². The fraction of sp³-hybridized carbons (Fsp3) is 0.333. The van der Waals surface area contributed by atoms with E-state index in [-0.39, 0.29) is 12.0 Å². The van der Waals surface area contributed by atoms with Crippen LogP contribution in [0.25, 0.3) is 10.2 Å². The second-order valence-electron chi connectivity index (χ2n) is 6.35. The summed E-state index contributed by atoms with van der Waals surface area (Å²) in [6.07, 6.45) is 1.89. The summed E-state index contributed by atoms with van der Waals surface area (Å²) >= 11 is 21.1. The maximum absolute atomic E-state index is 13.3. The highest BCUT2D eigenvalue weighted by atomic mass is 35.5. The molecular formula is C18H15Cl3N2O2S2. The van der Waals surface area contributed by atoms with Gasteiger partial charge in [-0.15, -0.1) is 11.3 Å². The highest BCUT2D eigenvalue weighted by Crippen LogP contribution is 2.37. The number of carbonyl (C=O) groups is 1. The lowest BCUT2D eigenvalue weighted by Crippen LogP contribution is -2.37. The first-order chi connectivity index (χ1) is 12.9. The molecule has 1 saturated heterocycles. The Kier molecular flexibility index (Phi) is 5.65. The fourth-order valence-corrected chi connectivity index (χ4v) is 6.01. The SMILES string of the molecule is Cc1cc(Cl)cc2sc(N(CC3CCCO3)C(=O)c3cc(Cl)sc3Cl)nc12. The summed E-state index contributed by atoms with van der Waals surface area (Å²) < 4.78 is 7.54. The number of ether oxygens (including phenoxy) is 1. The van der Waals surface area contributed by atoms with Crippen molar-refractivity contribution in [2.45, 2.75) is 25.9 Å². The van der Waals surface area contributed by atoms with Gasteiger partial charge in [-0.3, -0.25) is 9.69 Å². The Labute approximate surface area is 179 Å². The van der Waals surface area contributed by atoms with Gasteiger partial charge in [-0.1, -0.05) is 46.1 Å². The van der Waals surface area contributed by atoms with Crippen molar-refractivity contribution in [1.29, 1.82) is 0 Å². The van der Waals surface area contributed by atoms with Gasteiger partial charge in [-0.2, -0.15) is 0 Å². The van der Waals surface area contributed by atoms with Crippen molar-refractivity contribution in [3.63, 3.8) is 0 Å². The molecule has 1 unspecified atom stereocenters. The van der Waals surface area contributed by atoms with Crippen LogP contribution in [-0.2, 0) is 4.74 Å². The Hall–Kier alpha value is -0.890. The van der Waals surface area contributed by atoms with Gasteiger partial charge in [-0.25, -0.2) is 4.98 Å². The zero-order valence-electron chi connectivity index (χ0n) is 14.3. The fourth-order valence-electron chi connectivity index (χ4n) is 3.13. The van der Waals surface area contributed by atoms with Crippen molar-refractivity contribution >= 4 is 78.7 Å². The van der Waals surface area contributed by atoms with E-state index < -0.39 is 0 Å². The lowest BCUT2D eigenvalue weighted by molar-refractivity contribution is 0.0918. The van der Waals surface area contributed by atoms with Gasteiger partial charge in [0.25, 0.3) is 5.91 Å². The number of benzene rings is 1. The molecule has 0 aliphatic carbocycles. The van der Waals surface area contributed by atoms with Crippen LogP contribution < -0.4 is 4.90 Å². The third kappa shape index (κ3) is 3.97. The van der Waals surface area contributed by atoms with E-state index in [2.05, 4.69) is 0 Å². The Bertz CT molecular complexity index is 1010. The standard InChI is InChI=1S/C18H15Cl3N2O2S2/c1-9-5-10(19)6-13-15(9)22-18(26-13)23(8-11-3-2-4-25-11)17(24)12-7-14(20)27-16(12)21/h5-7,11H,2-4,8H2,1H3. The molecule has 3 heterocycles. The van der Waals surface area contributed by atoms with E-state index in [1.54, 1.807) is 11.0 Å². The minimum absolute atomic E-state index is 0.0152. The summed E-state index contributed by atoms with van der Waals surface area (Å²) in [5.41, 5.74) is 2.21. The van der Waals surface area contributed by atoms with Crippen LogP contribution in [0.3, 0.4) is 0 Å². The maximum atomic E-state index is 13.3. The Morgan fingerprint density at radius 3 is 2.78 bits per heavy atom. The number of hydrogen-bond acceptors (Lipinski definition) is 5. The number of fused-ring (bicyclic) bond motifs is 1. The van der Waals surface area contributed by atoms with Gasteiger partial charge in [0.05, 0.1) is 32.8 Å². The number of hydrogen-bond donors (Lipinski definition) is 0. The van der Waals surface area contributed by atoms with Crippen LogP contribution in [0.5, 0.6) is 0 Å². The second kappa shape index (κ2) is 7.85. The summed E-state index contributed by atoms with van der Waals surface area (Å²) in [4.78, 5) is 19.6. The lowest BCUT2D eigenvalue weighted by Gasteiger charge is -2.22. The summed E-state index contributed by atoms with van der Waals surface area (Å²) in [5.74, 6) is -0.221. The van der Waals surface area contributed by atoms with Crippen molar-refractivity contribution in [3.8, 4) is 0 Å². The molecule has 4 nitrogen and oxygen atoms in total. The van der Waals surface area contributed by atoms with Crippen molar-refractivity contribution in [3.05, 3.63) is 43.0 Å². The molecule has 142 valence electrons. The van der Waals surface area contributed by atoms with Crippen LogP contribution in [0.15, 0.2) is 18.2 Å². The molecule has 0 spiro atoms. The molecule has 1 atom stereocenters. The summed E-state index contributed by atoms with van der Waals surface area (Å²) in [7, 11) is 0. The number of aryl methyl sites for hydroxylation is 1. The van der Waals surface area contributed by atoms with E-state index in [0.29, 0.717) is 37.5 Å². The monoisotopic (exact) mass is 460 g/mol. The predicted molar refractivity (Wildman–Crippen MR) is 114 cm³/mol. The second-order valence-corrected chi connectivity index (χ2v) is 10.1. The number of amides is 1. The van der Waals surface area contributed by atoms with Crippen LogP contribution >= 0.6 is 57.5 Å². The lowest BCUT2D eigenvalue weighted by atomic mass is 10.2. The Balaban J connectivity index is 1.76. The first kappa shape index (κ1) is 19.4. The van der Waals surface area contributed by atoms with E-state index >= 15 is 0 Å². The number of nitrogens with zero attached hydrogens (tertiary/aromatic N) is 2. The maximum Gasteiger partial charge on any atom is 0.262 e. The van der Waals surface area contributed by atoms with E-state index in [0.717, 1.165) is 28.6 Å². The molecule has 0 bridgehead atoms. The molecule has 3 aromatic rings. The van der Waals surface area contributed by atoms with Crippen molar-refractivity contribution in [2.75, 3.05) is 18.1 Å². The highest BCUT2D eigenvalue weighted by molar-refractivity contribution is 7.22. The third-order valence-electron chi connectivity index (χ3n) is 4.41. The highest BCUT2D eigenvalue weighted by Gasteiger charge is 2.29. The average molecular weight is 462 g/mol. The Morgan fingerprint density at radius 1 is 1.30 bits per heavy atom. The molecule has 0 N–H and O–H groups in total. The van der Waals surface area contributed by atoms with Crippen molar-refractivity contribution in [2.24, 2.45) is 0 Å². The van der Waals surface area contributed by atoms with Crippen LogP contribution in [0.2, 0.25) is 13.7 Å². The molecule has 0 saturated carbocycles. The molecule has 1 amide bonds. The predicted octanol–water partition coefficient (Wildman–Crippen LogP) is 6.45. The summed E-state index contributed by atoms with van der Waals surface area (Å²) in [6, 6.07) is 5.35. The van der Waals surface area contributed by atoms with Crippen LogP contribution in [0.1, 0.15) is 28.8 Å². The normalized spacial score (nSPS) is 17.0. The van der Waals surface area contributed by atoms with E-state index in [4.69, 9.17) is 44.5 Å². The minimum atomic E-state index is -0.221. The molecule has 2 aromatic heterocycles. The first-order valence-electron chi connectivity index (χ1n) is 8.37. The number of carbonyl (C=O) groups excluding carboxylic acids is 1. The molecule has 1 aliphatic rings. The van der Waals surface area contributed by atoms with Crippen LogP contribution in [-0.4, -0.2) is 30.1 Å². The van der Waals surface area contributed by atoms with E-state index in [9.17, 15) is 4.79 Å². The van der Waals surface area contributed by atoms with Gasteiger partial charge in [0.1, 0.15) is 4.34 Å². The van der Waals surface area contributed by atoms with Crippen molar-refractivity contribution in [1.82, 2.24) is 4.98 Å². The number of halogens is 3. The topological polar surface area (TPSA) is 42.4 Å². The van der Waals surface area contributed by atoms with Gasteiger partial charge in [0.2, 0.25) is 0 Å². The third-order valence-corrected chi connectivity index (χ3v) is 7.14. The first-order valence-corrected chi connectivity index (χ1v) is 11.1. The summed E-state index contributed by atoms with van der Waals surface area (Å²) in [5, 5.41) is 1.26. The zero-order valence-corrected chi connectivity index (χ0v) is 18.2. The number of rotatable bonds is 4. The Morgan fingerprint density at radius 2 is 2.11 bits per heavy atom. The quantitative estimate of drug-likeness (QED) is 0.448. The number of thiophene rings is 1. The average Bonchev–Trinajstić information content (AvgIpc) is 3.32. The van der Waals surface area contributed by atoms with Gasteiger partial charge in [-0.05, 0) is 43.5 Å². The van der Waals surface area contributed by atoms with Gasteiger partial charge in [0, 0.05) is 11.6 Å². The zero-order chi connectivity index (χ0) is 19.1. The molecular weight excluding hydrogens is 447 g/mol. The molecule has 9 heteroatoms. The van der Waals surface area contributed by atoms with Crippen molar-refractivity contribution < 1.29 is 9.53 Å². The molecule has 4 rings (SSSR count). The molecule has 27 heavy (non-hydrogen) atoms. The van der Waals surface area contributed by atoms with Crippen LogP contribution in [0.4, 0.5) is 5.13 Å². The molecule has 0 radical (unpaired) electrons. The number of aromatic nitrogens is 1. The summed E-state index contributed by atoms with van der Waals surface area (Å²) in [6.45, 7) is 3.10. The van der Waals surface area contributed by atoms with E-state index in [1.807, 2.05) is 19.1 Å². The molecule has 1 aromatic carbocycles. The van der Waals surface area contributed by atoms with Gasteiger partial charge < -0.3 is 4.74 Å². The smallest absolute Gasteiger partial charge is 0.262 e. The van der Waals surface area contributed by atoms with Crippen LogP contribution in [0, 0.1) is 6.92 Å². The molecule has 1 aliphatic heterocycles. The molecule has 1 fully saturated rings. The number of thiazole rings is 1. The van der Waals surface area contributed by atoms with Gasteiger partial charge in [0.15, 0.2) is 5.13 Å². The number of anilines is 1. The van der Waals surface area contributed by atoms with E-state index in [1.165, 1.54) is 22.7 Å². The largest absolute Gasteiger partial charge is 0.376 e. The minimum Gasteiger partial charge on any atom is -0.376 e.